The Balaban J connectivity index is 0.000000296. The predicted molar refractivity (Wildman–Crippen MR) is 136 cm³/mol. The highest BCUT2D eigenvalue weighted by atomic mass is 16.7. The summed E-state index contributed by atoms with van der Waals surface area (Å²) in [6.45, 7) is 11.1. The van der Waals surface area contributed by atoms with Gasteiger partial charge in [-0.25, -0.2) is 4.79 Å². The number of esters is 5. The van der Waals surface area contributed by atoms with Crippen LogP contribution in [0.25, 0.3) is 0 Å². The van der Waals surface area contributed by atoms with Crippen molar-refractivity contribution in [3.8, 4) is 0 Å². The van der Waals surface area contributed by atoms with E-state index in [-0.39, 0.29) is 5.82 Å². The van der Waals surface area contributed by atoms with Crippen LogP contribution in [0.4, 0.5) is 5.82 Å². The molecule has 1 aromatic rings. The second kappa shape index (κ2) is 14.0. The highest BCUT2D eigenvalue weighted by Crippen LogP contribution is 2.33. The number of aromatic nitrogens is 2. The molecule has 0 radical (unpaired) electrons. The maximum absolute atomic E-state index is 12.1. The van der Waals surface area contributed by atoms with Crippen molar-refractivity contribution in [2.75, 3.05) is 5.73 Å². The SMILES string of the molecule is CC(=O)O[C@@H]1O[C@H](C)[C@@H](OC(C)=O)[C@H]1OC(C)=O.CC(=O)O[C@@H]1[C@H](OC(C)=O)[C@@H](C)O[C@H]1n1cc(C)c(N)nc1=O. The highest BCUT2D eigenvalue weighted by molar-refractivity contribution is 5.68. The smallest absolute Gasteiger partial charge is 0.351 e. The summed E-state index contributed by atoms with van der Waals surface area (Å²) in [4.78, 5) is 71.3. The van der Waals surface area contributed by atoms with Gasteiger partial charge in [-0.05, 0) is 20.8 Å². The van der Waals surface area contributed by atoms with Crippen molar-refractivity contribution in [1.29, 1.82) is 0 Å². The van der Waals surface area contributed by atoms with Gasteiger partial charge in [0.1, 0.15) is 5.82 Å². The van der Waals surface area contributed by atoms with E-state index in [1.807, 2.05) is 0 Å². The number of rotatable bonds is 6. The average Bonchev–Trinajstić information content (AvgIpc) is 3.26. The number of hydrogen-bond donors (Lipinski definition) is 1. The van der Waals surface area contributed by atoms with Crippen LogP contribution in [-0.2, 0) is 57.1 Å². The standard InChI is InChI=1S/C14H19N3O6.C11H16O7/c1-6-5-17(14(20)16-12(6)15)13-11(23-9(4)19)10(7(2)21-13)22-8(3)18;1-5-9(16-6(2)12)10(17-7(3)13)11(15-5)18-8(4)14/h5,7,10-11,13H,1-4H3,(H2,15,16,20);5,9-11H,1-4H3/t7-,10-,11-,13-;5-,9-,10-,11+/m11/s1. The van der Waals surface area contributed by atoms with E-state index in [4.69, 9.17) is 38.9 Å². The van der Waals surface area contributed by atoms with Crippen LogP contribution in [0.15, 0.2) is 11.0 Å². The summed E-state index contributed by atoms with van der Waals surface area (Å²) in [5.74, 6) is -2.70. The Hall–Kier alpha value is -4.05. The predicted octanol–water partition coefficient (Wildman–Crippen LogP) is 0.0723. The van der Waals surface area contributed by atoms with Gasteiger partial charge in [0.15, 0.2) is 24.5 Å². The van der Waals surface area contributed by atoms with Gasteiger partial charge in [-0.15, -0.1) is 0 Å². The van der Waals surface area contributed by atoms with Crippen molar-refractivity contribution >= 4 is 35.7 Å². The van der Waals surface area contributed by atoms with Crippen molar-refractivity contribution in [2.24, 2.45) is 0 Å². The molecule has 8 atom stereocenters. The first-order chi connectivity index (χ1) is 19.0. The maximum atomic E-state index is 12.1. The lowest BCUT2D eigenvalue weighted by molar-refractivity contribution is -0.194. The zero-order valence-electron chi connectivity index (χ0n) is 24.0. The number of nitrogens with zero attached hydrogens (tertiary/aromatic N) is 2. The van der Waals surface area contributed by atoms with Crippen LogP contribution < -0.4 is 11.4 Å². The monoisotopic (exact) mass is 585 g/mol. The lowest BCUT2D eigenvalue weighted by Gasteiger charge is -2.23. The first-order valence-electron chi connectivity index (χ1n) is 12.5. The lowest BCUT2D eigenvalue weighted by atomic mass is 10.1. The molecule has 41 heavy (non-hydrogen) atoms. The third-order valence-electron chi connectivity index (χ3n) is 5.76. The molecule has 3 heterocycles. The van der Waals surface area contributed by atoms with Crippen LogP contribution in [-0.4, -0.2) is 82.3 Å². The second-order valence-corrected chi connectivity index (χ2v) is 9.35. The summed E-state index contributed by atoms with van der Waals surface area (Å²) in [7, 11) is 0. The van der Waals surface area contributed by atoms with Gasteiger partial charge in [0.05, 0.1) is 12.2 Å². The van der Waals surface area contributed by atoms with E-state index in [9.17, 15) is 28.8 Å². The molecule has 228 valence electrons. The van der Waals surface area contributed by atoms with Gasteiger partial charge >= 0.3 is 35.5 Å². The Morgan fingerprint density at radius 1 is 0.732 bits per heavy atom. The van der Waals surface area contributed by atoms with E-state index in [1.165, 1.54) is 45.4 Å². The Morgan fingerprint density at radius 2 is 1.15 bits per heavy atom. The number of nitrogen functional groups attached to an aromatic ring is 1. The van der Waals surface area contributed by atoms with Gasteiger partial charge in [0, 0.05) is 46.4 Å². The number of nitrogens with two attached hydrogens (primary N) is 1. The van der Waals surface area contributed by atoms with Gasteiger partial charge in [0.25, 0.3) is 0 Å². The topological polar surface area (TPSA) is 211 Å². The molecule has 0 spiro atoms. The molecule has 2 fully saturated rings. The van der Waals surface area contributed by atoms with Crippen molar-refractivity contribution in [3.05, 3.63) is 22.2 Å². The zero-order valence-corrected chi connectivity index (χ0v) is 24.0. The highest BCUT2D eigenvalue weighted by Gasteiger charge is 2.50. The third-order valence-corrected chi connectivity index (χ3v) is 5.76. The number of hydrogen-bond acceptors (Lipinski definition) is 15. The molecule has 16 heteroatoms. The second-order valence-electron chi connectivity index (χ2n) is 9.35. The molecule has 0 saturated carbocycles. The Morgan fingerprint density at radius 3 is 1.63 bits per heavy atom. The summed E-state index contributed by atoms with van der Waals surface area (Å²) < 4.78 is 37.5. The first kappa shape index (κ1) is 33.2. The number of carbonyl (C=O) groups excluding carboxylic acids is 5. The van der Waals surface area contributed by atoms with E-state index in [1.54, 1.807) is 20.8 Å². The van der Waals surface area contributed by atoms with Crippen LogP contribution >= 0.6 is 0 Å². The van der Waals surface area contributed by atoms with Crippen LogP contribution in [0.1, 0.15) is 60.3 Å². The first-order valence-corrected chi connectivity index (χ1v) is 12.5. The van der Waals surface area contributed by atoms with E-state index < -0.39 is 84.7 Å². The zero-order chi connectivity index (χ0) is 31.2. The number of carbonyl (C=O) groups is 5. The van der Waals surface area contributed by atoms with E-state index in [0.717, 1.165) is 0 Å². The summed E-state index contributed by atoms with van der Waals surface area (Å²) >= 11 is 0. The minimum atomic E-state index is -1.06. The minimum Gasteiger partial charge on any atom is -0.456 e. The molecule has 2 aliphatic rings. The van der Waals surface area contributed by atoms with Crippen molar-refractivity contribution in [3.63, 3.8) is 0 Å². The normalized spacial score (nSPS) is 28.5. The number of aryl methyl sites for hydroxylation is 1. The molecule has 2 saturated heterocycles. The molecule has 1 aromatic heterocycles. The lowest BCUT2D eigenvalue weighted by Crippen LogP contribution is -2.40. The van der Waals surface area contributed by atoms with Gasteiger partial charge in [0.2, 0.25) is 12.4 Å². The molecule has 16 nitrogen and oxygen atoms in total. The van der Waals surface area contributed by atoms with Gasteiger partial charge < -0.3 is 38.9 Å². The maximum Gasteiger partial charge on any atom is 0.351 e. The Labute approximate surface area is 235 Å². The molecule has 0 aliphatic carbocycles. The molecule has 0 unspecified atom stereocenters. The van der Waals surface area contributed by atoms with Crippen LogP contribution in [0.5, 0.6) is 0 Å². The summed E-state index contributed by atoms with van der Waals surface area (Å²) in [5, 5.41) is 0. The van der Waals surface area contributed by atoms with Gasteiger partial charge in [-0.1, -0.05) is 0 Å². The summed E-state index contributed by atoms with van der Waals surface area (Å²) in [6.07, 6.45) is -5.21. The van der Waals surface area contributed by atoms with E-state index >= 15 is 0 Å². The summed E-state index contributed by atoms with van der Waals surface area (Å²) in [5.41, 5.74) is 5.52. The molecule has 2 aliphatic heterocycles. The fraction of sp³-hybridized carbons (Fsp3) is 0.640. The largest absolute Gasteiger partial charge is 0.456 e. The Kier molecular flexibility index (Phi) is 11.3. The molecule has 0 bridgehead atoms. The fourth-order valence-corrected chi connectivity index (χ4v) is 4.18. The van der Waals surface area contributed by atoms with Crippen molar-refractivity contribution in [1.82, 2.24) is 9.55 Å². The summed E-state index contributed by atoms with van der Waals surface area (Å²) in [6, 6.07) is 0. The molecule has 3 rings (SSSR count). The molecular weight excluding hydrogens is 550 g/mol. The fourth-order valence-electron chi connectivity index (χ4n) is 4.18. The quantitative estimate of drug-likeness (QED) is 0.346. The minimum absolute atomic E-state index is 0.109. The Bertz CT molecular complexity index is 1220. The molecule has 0 aromatic carbocycles. The van der Waals surface area contributed by atoms with Gasteiger partial charge in [-0.3, -0.25) is 28.5 Å². The van der Waals surface area contributed by atoms with Crippen molar-refractivity contribution in [2.45, 2.75) is 105 Å². The third kappa shape index (κ3) is 8.97. The van der Waals surface area contributed by atoms with Crippen molar-refractivity contribution < 1.29 is 57.1 Å². The van der Waals surface area contributed by atoms with Crippen LogP contribution in [0.2, 0.25) is 0 Å². The van der Waals surface area contributed by atoms with E-state index in [0.29, 0.717) is 5.56 Å². The average molecular weight is 586 g/mol. The number of anilines is 1. The molecule has 0 amide bonds. The van der Waals surface area contributed by atoms with Gasteiger partial charge in [-0.2, -0.15) is 4.98 Å². The number of ether oxygens (including phenoxy) is 7. The van der Waals surface area contributed by atoms with Crippen LogP contribution in [0.3, 0.4) is 0 Å². The van der Waals surface area contributed by atoms with E-state index in [2.05, 4.69) is 4.98 Å². The molecular formula is C25H35N3O13. The van der Waals surface area contributed by atoms with Crippen LogP contribution in [0, 0.1) is 6.92 Å². The molecule has 2 N–H and O–H groups in total.